The zero-order chi connectivity index (χ0) is 14.7. The maximum Gasteiger partial charge on any atom is 0.272 e. The summed E-state index contributed by atoms with van der Waals surface area (Å²) in [5, 5.41) is 6.98. The van der Waals surface area contributed by atoms with Crippen molar-refractivity contribution in [1.82, 2.24) is 25.1 Å². The fourth-order valence-electron chi connectivity index (χ4n) is 1.92. The predicted octanol–water partition coefficient (Wildman–Crippen LogP) is 1.11. The third-order valence-electron chi connectivity index (χ3n) is 2.98. The van der Waals surface area contributed by atoms with E-state index in [4.69, 9.17) is 5.73 Å². The third kappa shape index (κ3) is 2.76. The van der Waals surface area contributed by atoms with Gasteiger partial charge in [0.15, 0.2) is 5.69 Å². The maximum absolute atomic E-state index is 12.0. The Morgan fingerprint density at radius 2 is 2.19 bits per heavy atom. The molecule has 7 nitrogen and oxygen atoms in total. The fourth-order valence-corrected chi connectivity index (χ4v) is 1.92. The Morgan fingerprint density at radius 1 is 1.33 bits per heavy atom. The first-order chi connectivity index (χ1) is 10.2. The molecule has 3 rings (SSSR count). The van der Waals surface area contributed by atoms with Crippen molar-refractivity contribution in [2.45, 2.75) is 6.54 Å². The van der Waals surface area contributed by atoms with E-state index in [0.29, 0.717) is 23.8 Å². The van der Waals surface area contributed by atoms with Gasteiger partial charge < -0.3 is 16.0 Å². The lowest BCUT2D eigenvalue weighted by atomic mass is 10.3. The molecule has 0 spiro atoms. The molecule has 0 fully saturated rings. The highest BCUT2D eigenvalue weighted by Crippen LogP contribution is 2.15. The zero-order valence-electron chi connectivity index (χ0n) is 11.2. The number of nitrogens with zero attached hydrogens (tertiary/aromatic N) is 3. The molecule has 21 heavy (non-hydrogen) atoms. The van der Waals surface area contributed by atoms with Gasteiger partial charge >= 0.3 is 0 Å². The number of hydrogen-bond donors (Lipinski definition) is 3. The molecule has 1 amide bonds. The van der Waals surface area contributed by atoms with Gasteiger partial charge in [0.2, 0.25) is 0 Å². The van der Waals surface area contributed by atoms with Gasteiger partial charge in [0.1, 0.15) is 5.82 Å². The molecule has 0 aliphatic heterocycles. The number of H-pyrrole nitrogens is 1. The molecule has 4 N–H and O–H groups in total. The average molecular weight is 282 g/mol. The predicted molar refractivity (Wildman–Crippen MR) is 77.7 cm³/mol. The number of para-hydroxylation sites is 2. The van der Waals surface area contributed by atoms with Gasteiger partial charge in [-0.15, -0.1) is 0 Å². The molecule has 0 bridgehead atoms. The van der Waals surface area contributed by atoms with E-state index in [-0.39, 0.29) is 5.91 Å². The second-order valence-corrected chi connectivity index (χ2v) is 4.42. The van der Waals surface area contributed by atoms with Gasteiger partial charge in [-0.05, 0) is 18.2 Å². The number of carbonyl (C=O) groups is 1. The summed E-state index contributed by atoms with van der Waals surface area (Å²) >= 11 is 0. The summed E-state index contributed by atoms with van der Waals surface area (Å²) in [5.41, 5.74) is 7.55. The summed E-state index contributed by atoms with van der Waals surface area (Å²) in [6.45, 7) is 0.326. The van der Waals surface area contributed by atoms with Crippen LogP contribution in [0, 0.1) is 0 Å². The Labute approximate surface area is 120 Å². The van der Waals surface area contributed by atoms with E-state index in [2.05, 4.69) is 20.4 Å². The van der Waals surface area contributed by atoms with Crippen molar-refractivity contribution in [2.75, 3.05) is 5.73 Å². The highest BCUT2D eigenvalue weighted by molar-refractivity contribution is 5.92. The number of rotatable bonds is 4. The summed E-state index contributed by atoms with van der Waals surface area (Å²) < 4.78 is 1.58. The van der Waals surface area contributed by atoms with Gasteiger partial charge in [0, 0.05) is 18.6 Å². The Morgan fingerprint density at radius 3 is 2.95 bits per heavy atom. The lowest BCUT2D eigenvalue weighted by molar-refractivity contribution is 0.0944. The highest BCUT2D eigenvalue weighted by Gasteiger charge is 2.11. The van der Waals surface area contributed by atoms with Crippen molar-refractivity contribution < 1.29 is 4.79 Å². The van der Waals surface area contributed by atoms with Crippen molar-refractivity contribution in [2.24, 2.45) is 0 Å². The molecule has 0 radical (unpaired) electrons. The van der Waals surface area contributed by atoms with Crippen LogP contribution in [0.15, 0.2) is 48.9 Å². The van der Waals surface area contributed by atoms with Crippen molar-refractivity contribution in [1.29, 1.82) is 0 Å². The number of benzene rings is 1. The maximum atomic E-state index is 12.0. The second-order valence-electron chi connectivity index (χ2n) is 4.42. The average Bonchev–Trinajstić information content (AvgIpc) is 3.17. The van der Waals surface area contributed by atoms with E-state index in [1.165, 1.54) is 0 Å². The molecule has 0 aliphatic carbocycles. The topological polar surface area (TPSA) is 102 Å². The molecular formula is C14H14N6O. The molecule has 0 aliphatic rings. The summed E-state index contributed by atoms with van der Waals surface area (Å²) in [6, 6.07) is 8.98. The number of anilines is 1. The summed E-state index contributed by atoms with van der Waals surface area (Å²) in [7, 11) is 0. The number of hydrogen-bond acceptors (Lipinski definition) is 4. The van der Waals surface area contributed by atoms with Crippen molar-refractivity contribution >= 4 is 11.6 Å². The second kappa shape index (κ2) is 5.49. The minimum absolute atomic E-state index is 0.264. The van der Waals surface area contributed by atoms with Crippen molar-refractivity contribution in [3.8, 4) is 5.69 Å². The smallest absolute Gasteiger partial charge is 0.272 e. The molecule has 106 valence electrons. The zero-order valence-corrected chi connectivity index (χ0v) is 11.2. The van der Waals surface area contributed by atoms with Crippen LogP contribution >= 0.6 is 0 Å². The number of nitrogen functional groups attached to an aromatic ring is 1. The summed E-state index contributed by atoms with van der Waals surface area (Å²) in [5.74, 6) is 0.426. The molecule has 0 saturated heterocycles. The molecule has 0 saturated carbocycles. The number of nitrogens with two attached hydrogens (primary N) is 1. The minimum Gasteiger partial charge on any atom is -0.397 e. The van der Waals surface area contributed by atoms with Crippen molar-refractivity contribution in [3.05, 3.63) is 60.4 Å². The normalized spacial score (nSPS) is 10.5. The van der Waals surface area contributed by atoms with Crippen LogP contribution in [0.5, 0.6) is 0 Å². The number of aromatic nitrogens is 4. The summed E-state index contributed by atoms with van der Waals surface area (Å²) in [4.78, 5) is 19.0. The quantitative estimate of drug-likeness (QED) is 0.624. The van der Waals surface area contributed by atoms with Gasteiger partial charge in [-0.3, -0.25) is 4.79 Å². The third-order valence-corrected chi connectivity index (χ3v) is 2.98. The van der Waals surface area contributed by atoms with Crippen LogP contribution in [0.25, 0.3) is 5.69 Å². The van der Waals surface area contributed by atoms with Gasteiger partial charge in [-0.2, -0.15) is 5.10 Å². The number of imidazole rings is 1. The largest absolute Gasteiger partial charge is 0.397 e. The van der Waals surface area contributed by atoms with Crippen LogP contribution in [0.4, 0.5) is 5.69 Å². The molecular weight excluding hydrogens is 268 g/mol. The van der Waals surface area contributed by atoms with E-state index >= 15 is 0 Å². The van der Waals surface area contributed by atoms with E-state index < -0.39 is 0 Å². The van der Waals surface area contributed by atoms with E-state index in [9.17, 15) is 4.79 Å². The molecule has 0 atom stereocenters. The van der Waals surface area contributed by atoms with Gasteiger partial charge in [0.25, 0.3) is 5.91 Å². The van der Waals surface area contributed by atoms with E-state index in [1.54, 1.807) is 35.4 Å². The number of aromatic amines is 1. The number of carbonyl (C=O) groups excluding carboxylic acids is 1. The lowest BCUT2D eigenvalue weighted by Crippen LogP contribution is -2.24. The number of nitrogens with one attached hydrogen (secondary N) is 2. The Bertz CT molecular complexity index is 746. The molecule has 0 unspecified atom stereocenters. The fraction of sp³-hybridized carbons (Fsp3) is 0.0714. The van der Waals surface area contributed by atoms with E-state index in [1.807, 2.05) is 18.2 Å². The molecule has 2 aromatic heterocycles. The first-order valence-electron chi connectivity index (χ1n) is 6.41. The molecule has 1 aromatic carbocycles. The molecule has 7 heteroatoms. The Hall–Kier alpha value is -3.09. The lowest BCUT2D eigenvalue weighted by Gasteiger charge is -2.04. The molecule has 3 aromatic rings. The van der Waals surface area contributed by atoms with Crippen LogP contribution < -0.4 is 11.1 Å². The first-order valence-corrected chi connectivity index (χ1v) is 6.41. The van der Waals surface area contributed by atoms with Crippen LogP contribution in [0.2, 0.25) is 0 Å². The Balaban J connectivity index is 1.73. The number of amides is 1. The Kier molecular flexibility index (Phi) is 3.38. The van der Waals surface area contributed by atoms with Crippen molar-refractivity contribution in [3.63, 3.8) is 0 Å². The van der Waals surface area contributed by atoms with Crippen LogP contribution in [0.3, 0.4) is 0 Å². The van der Waals surface area contributed by atoms with Gasteiger partial charge in [0.05, 0.1) is 17.9 Å². The monoisotopic (exact) mass is 282 g/mol. The van der Waals surface area contributed by atoms with Gasteiger partial charge in [-0.1, -0.05) is 12.1 Å². The van der Waals surface area contributed by atoms with Gasteiger partial charge in [-0.25, -0.2) is 9.67 Å². The minimum atomic E-state index is -0.264. The highest BCUT2D eigenvalue weighted by atomic mass is 16.1. The van der Waals surface area contributed by atoms with E-state index in [0.717, 1.165) is 5.69 Å². The SMILES string of the molecule is Nc1ccccc1-n1ccc(C(=O)NCc2ncc[nH]2)n1. The first kappa shape index (κ1) is 12.9. The van der Waals surface area contributed by atoms with Crippen LogP contribution in [0.1, 0.15) is 16.3 Å². The molecule has 2 heterocycles. The standard InChI is InChI=1S/C14H14N6O/c15-10-3-1-2-4-12(10)20-8-5-11(19-20)14(21)18-9-13-16-6-7-17-13/h1-8H,9,15H2,(H,16,17)(H,18,21). The van der Waals surface area contributed by atoms with Crippen LogP contribution in [-0.4, -0.2) is 25.7 Å². The summed E-state index contributed by atoms with van der Waals surface area (Å²) in [6.07, 6.45) is 5.04. The van der Waals surface area contributed by atoms with Crippen LogP contribution in [-0.2, 0) is 6.54 Å².